The molecule has 0 saturated heterocycles. The highest BCUT2D eigenvalue weighted by Crippen LogP contribution is 2.30. The van der Waals surface area contributed by atoms with Crippen LogP contribution in [-0.2, 0) is 9.53 Å². The lowest BCUT2D eigenvalue weighted by molar-refractivity contribution is -0.136. The van der Waals surface area contributed by atoms with Gasteiger partial charge >= 0.3 is 5.97 Å². The molecule has 7 nitrogen and oxygen atoms in total. The first-order valence-corrected chi connectivity index (χ1v) is 10.9. The first kappa shape index (κ1) is 20.4. The number of ether oxygens (including phenoxy) is 1. The molecule has 1 fully saturated rings. The molecule has 4 rings (SSSR count). The van der Waals surface area contributed by atoms with Gasteiger partial charge < -0.3 is 9.64 Å². The van der Waals surface area contributed by atoms with Gasteiger partial charge in [0.25, 0.3) is 5.91 Å². The average molecular weight is 425 g/mol. The van der Waals surface area contributed by atoms with Crippen LogP contribution in [0.1, 0.15) is 43.1 Å². The molecule has 3 aromatic rings. The minimum Gasteiger partial charge on any atom is -0.451 e. The van der Waals surface area contributed by atoms with Crippen LogP contribution < -0.4 is 0 Å². The largest absolute Gasteiger partial charge is 0.451 e. The van der Waals surface area contributed by atoms with Crippen LogP contribution >= 0.6 is 11.3 Å². The second-order valence-corrected chi connectivity index (χ2v) is 8.77. The summed E-state index contributed by atoms with van der Waals surface area (Å²) >= 11 is 1.43. The minimum atomic E-state index is -0.670. The maximum absolute atomic E-state index is 12.7. The number of benzene rings is 1. The third-order valence-corrected chi connectivity index (χ3v) is 6.68. The van der Waals surface area contributed by atoms with Gasteiger partial charge in [-0.05, 0) is 43.7 Å². The molecule has 2 heterocycles. The summed E-state index contributed by atoms with van der Waals surface area (Å²) in [5.41, 5.74) is 1.27. The van der Waals surface area contributed by atoms with Crippen LogP contribution in [0.15, 0.2) is 36.7 Å². The molecular formula is C22H24N4O3S. The smallest absolute Gasteiger partial charge is 0.359 e. The minimum absolute atomic E-state index is 0.0681. The fourth-order valence-electron chi connectivity index (χ4n) is 3.75. The summed E-state index contributed by atoms with van der Waals surface area (Å²) in [5.74, 6) is -0.162. The summed E-state index contributed by atoms with van der Waals surface area (Å²) in [5, 5.41) is 0.594. The third kappa shape index (κ3) is 4.33. The van der Waals surface area contributed by atoms with Crippen molar-refractivity contribution in [3.05, 3.63) is 42.4 Å². The van der Waals surface area contributed by atoms with E-state index in [2.05, 4.69) is 21.9 Å². The van der Waals surface area contributed by atoms with Crippen LogP contribution in [-0.4, -0.2) is 51.4 Å². The molecule has 1 aliphatic carbocycles. The zero-order valence-electron chi connectivity index (χ0n) is 17.1. The molecular weight excluding hydrogens is 400 g/mol. The highest BCUT2D eigenvalue weighted by atomic mass is 32.1. The number of likely N-dealkylation sites (N-methyl/N-ethyl adjacent to an activating group) is 1. The monoisotopic (exact) mass is 424 g/mol. The van der Waals surface area contributed by atoms with E-state index in [4.69, 9.17) is 4.74 Å². The molecule has 0 unspecified atom stereocenters. The lowest BCUT2D eigenvalue weighted by Gasteiger charge is -2.33. The van der Waals surface area contributed by atoms with Crippen molar-refractivity contribution in [1.29, 1.82) is 0 Å². The summed E-state index contributed by atoms with van der Waals surface area (Å²) in [6, 6.07) is 7.93. The SMILES string of the molecule is CC1CCC(N(C)C(=O)COC(=O)c2nccnc2-c2nc3ccccc3s2)CC1. The van der Waals surface area contributed by atoms with E-state index in [9.17, 15) is 9.59 Å². The van der Waals surface area contributed by atoms with Crippen molar-refractivity contribution in [2.45, 2.75) is 38.6 Å². The Morgan fingerprint density at radius 1 is 1.13 bits per heavy atom. The summed E-state index contributed by atoms with van der Waals surface area (Å²) in [7, 11) is 1.78. The van der Waals surface area contributed by atoms with Crippen molar-refractivity contribution >= 4 is 33.4 Å². The molecule has 0 spiro atoms. The highest BCUT2D eigenvalue weighted by molar-refractivity contribution is 7.21. The Kier molecular flexibility index (Phi) is 6.03. The number of esters is 1. The van der Waals surface area contributed by atoms with Crippen molar-refractivity contribution in [3.63, 3.8) is 0 Å². The van der Waals surface area contributed by atoms with Gasteiger partial charge in [0.05, 0.1) is 10.2 Å². The molecule has 1 saturated carbocycles. The molecule has 0 radical (unpaired) electrons. The molecule has 0 bridgehead atoms. The standard InChI is InChI=1S/C22H24N4O3S/c1-14-7-9-15(10-8-14)26(2)18(27)13-29-22(28)20-19(23-11-12-24-20)21-25-16-5-3-4-6-17(16)30-21/h3-6,11-12,14-15H,7-10,13H2,1-2H3. The Hall–Kier alpha value is -2.87. The predicted octanol–water partition coefficient (Wildman–Crippen LogP) is 3.95. The molecule has 1 aromatic carbocycles. The van der Waals surface area contributed by atoms with Gasteiger partial charge in [-0.3, -0.25) is 4.79 Å². The maximum atomic E-state index is 12.7. The fourth-order valence-corrected chi connectivity index (χ4v) is 4.71. The van der Waals surface area contributed by atoms with Gasteiger partial charge in [-0.15, -0.1) is 11.3 Å². The highest BCUT2D eigenvalue weighted by Gasteiger charge is 2.26. The molecule has 8 heteroatoms. The van der Waals surface area contributed by atoms with Gasteiger partial charge in [-0.2, -0.15) is 0 Å². The van der Waals surface area contributed by atoms with E-state index in [1.165, 1.54) is 23.7 Å². The fraction of sp³-hybridized carbons (Fsp3) is 0.409. The number of hydrogen-bond donors (Lipinski definition) is 0. The van der Waals surface area contributed by atoms with Crippen LogP contribution in [0.5, 0.6) is 0 Å². The molecule has 0 N–H and O–H groups in total. The average Bonchev–Trinajstić information content (AvgIpc) is 3.21. The lowest BCUT2D eigenvalue weighted by atomic mass is 9.87. The Labute approximate surface area is 179 Å². The summed E-state index contributed by atoms with van der Waals surface area (Å²) < 4.78 is 6.30. The quantitative estimate of drug-likeness (QED) is 0.577. The Morgan fingerprint density at radius 2 is 1.87 bits per heavy atom. The van der Waals surface area contributed by atoms with Crippen LogP contribution in [0.2, 0.25) is 0 Å². The number of nitrogens with zero attached hydrogens (tertiary/aromatic N) is 4. The van der Waals surface area contributed by atoms with Gasteiger partial charge in [-0.1, -0.05) is 19.1 Å². The third-order valence-electron chi connectivity index (χ3n) is 5.64. The van der Waals surface area contributed by atoms with Gasteiger partial charge in [0.15, 0.2) is 12.3 Å². The number of para-hydroxylation sites is 1. The van der Waals surface area contributed by atoms with Crippen LogP contribution in [0.3, 0.4) is 0 Å². The van der Waals surface area contributed by atoms with E-state index in [0.29, 0.717) is 16.6 Å². The van der Waals surface area contributed by atoms with E-state index >= 15 is 0 Å². The Bertz CT molecular complexity index is 1030. The van der Waals surface area contributed by atoms with E-state index in [0.717, 1.165) is 35.9 Å². The Morgan fingerprint density at radius 3 is 2.63 bits per heavy atom. The van der Waals surface area contributed by atoms with Gasteiger partial charge in [0.1, 0.15) is 10.7 Å². The van der Waals surface area contributed by atoms with Crippen LogP contribution in [0.4, 0.5) is 0 Å². The number of carbonyl (C=O) groups excluding carboxylic acids is 2. The number of rotatable bonds is 5. The van der Waals surface area contributed by atoms with Crippen LogP contribution in [0, 0.1) is 5.92 Å². The molecule has 156 valence electrons. The lowest BCUT2D eigenvalue weighted by Crippen LogP contribution is -2.41. The number of thiazole rings is 1. The number of amides is 1. The predicted molar refractivity (Wildman–Crippen MR) is 115 cm³/mol. The van der Waals surface area contributed by atoms with Crippen molar-refractivity contribution < 1.29 is 14.3 Å². The van der Waals surface area contributed by atoms with E-state index in [1.807, 2.05) is 24.3 Å². The van der Waals surface area contributed by atoms with Crippen molar-refractivity contribution in [1.82, 2.24) is 19.9 Å². The van der Waals surface area contributed by atoms with Gasteiger partial charge in [0.2, 0.25) is 0 Å². The van der Waals surface area contributed by atoms with Gasteiger partial charge in [-0.25, -0.2) is 19.7 Å². The molecule has 30 heavy (non-hydrogen) atoms. The number of fused-ring (bicyclic) bond motifs is 1. The summed E-state index contributed by atoms with van der Waals surface area (Å²) in [6.45, 7) is 1.93. The van der Waals surface area contributed by atoms with Crippen molar-refractivity contribution in [2.75, 3.05) is 13.7 Å². The molecule has 1 aliphatic rings. The zero-order chi connectivity index (χ0) is 21.1. The first-order valence-electron chi connectivity index (χ1n) is 10.1. The normalized spacial score (nSPS) is 18.9. The molecule has 2 aromatic heterocycles. The topological polar surface area (TPSA) is 85.3 Å². The molecule has 1 amide bonds. The number of aromatic nitrogens is 3. The molecule has 0 aliphatic heterocycles. The maximum Gasteiger partial charge on any atom is 0.359 e. The first-order chi connectivity index (χ1) is 14.5. The van der Waals surface area contributed by atoms with Gasteiger partial charge in [0, 0.05) is 25.5 Å². The van der Waals surface area contributed by atoms with Crippen molar-refractivity contribution in [2.24, 2.45) is 5.92 Å². The van der Waals surface area contributed by atoms with Crippen LogP contribution in [0.25, 0.3) is 20.9 Å². The van der Waals surface area contributed by atoms with E-state index < -0.39 is 5.97 Å². The van der Waals surface area contributed by atoms with E-state index in [1.54, 1.807) is 11.9 Å². The molecule has 0 atom stereocenters. The summed E-state index contributed by atoms with van der Waals surface area (Å²) in [4.78, 5) is 39.9. The van der Waals surface area contributed by atoms with E-state index in [-0.39, 0.29) is 24.2 Å². The Balaban J connectivity index is 1.44. The summed E-state index contributed by atoms with van der Waals surface area (Å²) in [6.07, 6.45) is 7.17. The number of carbonyl (C=O) groups is 2. The van der Waals surface area contributed by atoms with Crippen molar-refractivity contribution in [3.8, 4) is 10.7 Å². The zero-order valence-corrected chi connectivity index (χ0v) is 17.9. The second kappa shape index (κ2) is 8.87. The second-order valence-electron chi connectivity index (χ2n) is 7.73. The number of hydrogen-bond acceptors (Lipinski definition) is 7.